The molecule has 0 aliphatic heterocycles. The van der Waals surface area contributed by atoms with E-state index in [1.54, 1.807) is 17.4 Å². The molecule has 0 amide bonds. The average Bonchev–Trinajstić information content (AvgIpc) is 2.60. The lowest BCUT2D eigenvalue weighted by molar-refractivity contribution is 1.05. The van der Waals surface area contributed by atoms with Gasteiger partial charge in [0.2, 0.25) is 0 Å². The third-order valence-electron chi connectivity index (χ3n) is 2.00. The summed E-state index contributed by atoms with van der Waals surface area (Å²) in [6.07, 6.45) is 0. The molecule has 0 spiro atoms. The van der Waals surface area contributed by atoms with Crippen molar-refractivity contribution in [2.45, 2.75) is 13.5 Å². The van der Waals surface area contributed by atoms with Gasteiger partial charge in [-0.25, -0.2) is 4.98 Å². The van der Waals surface area contributed by atoms with Crippen LogP contribution in [0.2, 0.25) is 10.0 Å². The van der Waals surface area contributed by atoms with E-state index in [-0.39, 0.29) is 0 Å². The minimum Gasteiger partial charge on any atom is -0.379 e. The minimum atomic E-state index is 0.629. The second kappa shape index (κ2) is 5.04. The molecule has 0 fully saturated rings. The van der Waals surface area contributed by atoms with E-state index >= 15 is 0 Å². The molecule has 0 aliphatic rings. The van der Waals surface area contributed by atoms with Crippen molar-refractivity contribution in [1.29, 1.82) is 0 Å². The van der Waals surface area contributed by atoms with Crippen molar-refractivity contribution in [3.05, 3.63) is 44.3 Å². The average molecular weight is 273 g/mol. The molecule has 2 aromatic rings. The lowest BCUT2D eigenvalue weighted by Gasteiger charge is -2.05. The SMILES string of the molecule is Cc1nc(CNc2cc(Cl)cc(Cl)c2)cs1. The minimum absolute atomic E-state index is 0.629. The standard InChI is InChI=1S/C11H10Cl2N2S/c1-7-15-11(6-16-7)5-14-10-3-8(12)2-9(13)4-10/h2-4,6,14H,5H2,1H3. The molecule has 0 saturated carbocycles. The van der Waals surface area contributed by atoms with Crippen LogP contribution in [0.1, 0.15) is 10.7 Å². The monoisotopic (exact) mass is 272 g/mol. The first kappa shape index (κ1) is 11.7. The first-order valence-corrected chi connectivity index (χ1v) is 6.38. The van der Waals surface area contributed by atoms with Crippen molar-refractivity contribution < 1.29 is 0 Å². The van der Waals surface area contributed by atoms with Crippen molar-refractivity contribution in [2.75, 3.05) is 5.32 Å². The Morgan fingerprint density at radius 1 is 1.25 bits per heavy atom. The van der Waals surface area contributed by atoms with E-state index in [0.717, 1.165) is 16.4 Å². The summed E-state index contributed by atoms with van der Waals surface area (Å²) in [7, 11) is 0. The fourth-order valence-electron chi connectivity index (χ4n) is 1.34. The zero-order chi connectivity index (χ0) is 11.5. The summed E-state index contributed by atoms with van der Waals surface area (Å²) < 4.78 is 0. The van der Waals surface area contributed by atoms with Crippen LogP contribution in [-0.4, -0.2) is 4.98 Å². The molecule has 1 N–H and O–H groups in total. The maximum Gasteiger partial charge on any atom is 0.0898 e. The highest BCUT2D eigenvalue weighted by molar-refractivity contribution is 7.09. The van der Waals surface area contributed by atoms with Gasteiger partial charge in [0.25, 0.3) is 0 Å². The summed E-state index contributed by atoms with van der Waals surface area (Å²) in [6.45, 7) is 2.67. The Morgan fingerprint density at radius 3 is 2.50 bits per heavy atom. The summed E-state index contributed by atoms with van der Waals surface area (Å²) in [5.41, 5.74) is 1.93. The first-order chi connectivity index (χ1) is 7.63. The molecule has 5 heteroatoms. The fraction of sp³-hybridized carbons (Fsp3) is 0.182. The molecule has 84 valence electrons. The molecule has 0 unspecified atom stereocenters. The molecule has 2 rings (SSSR count). The molecule has 0 radical (unpaired) electrons. The van der Waals surface area contributed by atoms with E-state index in [0.29, 0.717) is 16.6 Å². The number of hydrogen-bond donors (Lipinski definition) is 1. The summed E-state index contributed by atoms with van der Waals surface area (Å²) in [6, 6.07) is 5.39. The van der Waals surface area contributed by atoms with Gasteiger partial charge in [-0.2, -0.15) is 0 Å². The van der Waals surface area contributed by atoms with Crippen molar-refractivity contribution >= 4 is 40.2 Å². The lowest BCUT2D eigenvalue weighted by Crippen LogP contribution is -1.99. The molecule has 2 nitrogen and oxygen atoms in total. The molecule has 0 bridgehead atoms. The quantitative estimate of drug-likeness (QED) is 0.898. The summed E-state index contributed by atoms with van der Waals surface area (Å²) in [5.74, 6) is 0. The molecule has 0 aliphatic carbocycles. The van der Waals surface area contributed by atoms with Gasteiger partial charge < -0.3 is 5.32 Å². The number of nitrogens with one attached hydrogen (secondary N) is 1. The van der Waals surface area contributed by atoms with Gasteiger partial charge in [-0.1, -0.05) is 23.2 Å². The van der Waals surface area contributed by atoms with Crippen molar-refractivity contribution in [3.63, 3.8) is 0 Å². The number of rotatable bonds is 3. The smallest absolute Gasteiger partial charge is 0.0898 e. The zero-order valence-corrected chi connectivity index (χ0v) is 11.0. The Bertz CT molecular complexity index is 476. The fourth-order valence-corrected chi connectivity index (χ4v) is 2.48. The number of halogens is 2. The van der Waals surface area contributed by atoms with Gasteiger partial charge >= 0.3 is 0 Å². The lowest BCUT2D eigenvalue weighted by atomic mass is 10.3. The van der Waals surface area contributed by atoms with Crippen LogP contribution < -0.4 is 5.32 Å². The maximum absolute atomic E-state index is 5.90. The van der Waals surface area contributed by atoms with Gasteiger partial charge in [0.15, 0.2) is 0 Å². The van der Waals surface area contributed by atoms with E-state index in [4.69, 9.17) is 23.2 Å². The van der Waals surface area contributed by atoms with Crippen LogP contribution in [0.15, 0.2) is 23.6 Å². The molecule has 0 saturated heterocycles. The zero-order valence-electron chi connectivity index (χ0n) is 8.63. The summed E-state index contributed by atoms with van der Waals surface area (Å²) >= 11 is 13.4. The maximum atomic E-state index is 5.90. The van der Waals surface area contributed by atoms with Gasteiger partial charge in [-0.15, -0.1) is 11.3 Å². The van der Waals surface area contributed by atoms with Crippen LogP contribution in [-0.2, 0) is 6.54 Å². The number of benzene rings is 1. The highest BCUT2D eigenvalue weighted by Gasteiger charge is 2.00. The Morgan fingerprint density at radius 2 is 1.94 bits per heavy atom. The largest absolute Gasteiger partial charge is 0.379 e. The number of aryl methyl sites for hydroxylation is 1. The van der Waals surface area contributed by atoms with Crippen LogP contribution in [0.4, 0.5) is 5.69 Å². The molecule has 0 atom stereocenters. The van der Waals surface area contributed by atoms with Crippen LogP contribution in [0.3, 0.4) is 0 Å². The first-order valence-electron chi connectivity index (χ1n) is 4.74. The van der Waals surface area contributed by atoms with Gasteiger partial charge in [-0.3, -0.25) is 0 Å². The molecule has 16 heavy (non-hydrogen) atoms. The Labute approximate surface area is 108 Å². The number of hydrogen-bond acceptors (Lipinski definition) is 3. The summed E-state index contributed by atoms with van der Waals surface area (Å²) in [5, 5.41) is 7.60. The molecule has 1 aromatic carbocycles. The molecule has 1 aromatic heterocycles. The molecular weight excluding hydrogens is 263 g/mol. The van der Waals surface area contributed by atoms with E-state index in [1.165, 1.54) is 0 Å². The van der Waals surface area contributed by atoms with E-state index < -0.39 is 0 Å². The van der Waals surface area contributed by atoms with Gasteiger partial charge in [0, 0.05) is 21.1 Å². The van der Waals surface area contributed by atoms with Crippen LogP contribution in [0, 0.1) is 6.92 Å². The number of thiazole rings is 1. The summed E-state index contributed by atoms with van der Waals surface area (Å²) in [4.78, 5) is 4.36. The second-order valence-electron chi connectivity index (χ2n) is 3.37. The van der Waals surface area contributed by atoms with Crippen molar-refractivity contribution in [3.8, 4) is 0 Å². The number of aromatic nitrogens is 1. The molecule has 1 heterocycles. The van der Waals surface area contributed by atoms with Gasteiger partial charge in [0.05, 0.1) is 17.2 Å². The third-order valence-corrected chi connectivity index (χ3v) is 3.26. The van der Waals surface area contributed by atoms with Gasteiger partial charge in [0.1, 0.15) is 0 Å². The Balaban J connectivity index is 2.04. The normalized spacial score (nSPS) is 10.4. The van der Waals surface area contributed by atoms with Crippen molar-refractivity contribution in [1.82, 2.24) is 4.98 Å². The van der Waals surface area contributed by atoms with Crippen LogP contribution in [0.5, 0.6) is 0 Å². The predicted molar refractivity (Wildman–Crippen MR) is 70.6 cm³/mol. The highest BCUT2D eigenvalue weighted by atomic mass is 35.5. The predicted octanol–water partition coefficient (Wildman–Crippen LogP) is 4.37. The Hall–Kier alpha value is -0.770. The Kier molecular flexibility index (Phi) is 3.69. The topological polar surface area (TPSA) is 24.9 Å². The molecular formula is C11H10Cl2N2S. The third kappa shape index (κ3) is 3.11. The van der Waals surface area contributed by atoms with E-state index in [2.05, 4.69) is 10.3 Å². The van der Waals surface area contributed by atoms with Crippen LogP contribution in [0.25, 0.3) is 0 Å². The van der Waals surface area contributed by atoms with Crippen LogP contribution >= 0.6 is 34.5 Å². The number of anilines is 1. The number of nitrogens with zero attached hydrogens (tertiary/aromatic N) is 1. The van der Waals surface area contributed by atoms with Crippen molar-refractivity contribution in [2.24, 2.45) is 0 Å². The van der Waals surface area contributed by atoms with E-state index in [1.807, 2.05) is 24.4 Å². The van der Waals surface area contributed by atoms with Gasteiger partial charge in [-0.05, 0) is 25.1 Å². The second-order valence-corrected chi connectivity index (χ2v) is 5.30. The highest BCUT2D eigenvalue weighted by Crippen LogP contribution is 2.22. The van der Waals surface area contributed by atoms with E-state index in [9.17, 15) is 0 Å².